The van der Waals surface area contributed by atoms with E-state index in [2.05, 4.69) is 5.32 Å². The average Bonchev–Trinajstić information content (AvgIpc) is 2.96. The molecule has 0 saturated carbocycles. The molecule has 3 aromatic carbocycles. The van der Waals surface area contributed by atoms with Crippen LogP contribution in [0.15, 0.2) is 71.6 Å². The van der Waals surface area contributed by atoms with Gasteiger partial charge in [0.05, 0.1) is 24.8 Å². The summed E-state index contributed by atoms with van der Waals surface area (Å²) in [4.78, 5) is 28.7. The minimum Gasteiger partial charge on any atom is -0.493 e. The highest BCUT2D eigenvalue weighted by molar-refractivity contribution is 7.92. The molecule has 0 radical (unpaired) electrons. The fourth-order valence-electron chi connectivity index (χ4n) is 4.43. The van der Waals surface area contributed by atoms with Crippen molar-refractivity contribution in [3.8, 4) is 11.5 Å². The van der Waals surface area contributed by atoms with E-state index in [1.54, 1.807) is 12.1 Å². The normalized spacial score (nSPS) is 12.0. The van der Waals surface area contributed by atoms with Crippen molar-refractivity contribution in [2.75, 3.05) is 25.1 Å². The maximum Gasteiger partial charge on any atom is 0.264 e. The van der Waals surface area contributed by atoms with Crippen LogP contribution >= 0.6 is 11.6 Å². The Morgan fingerprint density at radius 3 is 2.10 bits per heavy atom. The number of amides is 2. The molecule has 9 nitrogen and oxygen atoms in total. The van der Waals surface area contributed by atoms with Crippen LogP contribution < -0.4 is 19.1 Å². The van der Waals surface area contributed by atoms with Crippen LogP contribution in [0.3, 0.4) is 0 Å². The second-order valence-corrected chi connectivity index (χ2v) is 12.4. The summed E-state index contributed by atoms with van der Waals surface area (Å²) in [5, 5.41) is 3.30. The molecule has 0 unspecified atom stereocenters. The summed E-state index contributed by atoms with van der Waals surface area (Å²) in [6.45, 7) is 7.02. The topological polar surface area (TPSA) is 105 Å². The van der Waals surface area contributed by atoms with E-state index in [-0.39, 0.29) is 34.8 Å². The summed E-state index contributed by atoms with van der Waals surface area (Å²) in [7, 11) is -1.44. The Kier molecular flexibility index (Phi) is 11.2. The SMILES string of the molecule is CC[C@H](C(=O)NC(C)C)N(Cc1ccc(C)cc1)C(=O)CN(c1ccc(Cl)cc1)S(=O)(=O)c1ccc(OC)c(OC)c1. The van der Waals surface area contributed by atoms with E-state index in [0.717, 1.165) is 15.4 Å². The van der Waals surface area contributed by atoms with Gasteiger partial charge in [-0.15, -0.1) is 0 Å². The number of carbonyl (C=O) groups excluding carboxylic acids is 2. The van der Waals surface area contributed by atoms with E-state index in [1.807, 2.05) is 52.0 Å². The highest BCUT2D eigenvalue weighted by atomic mass is 35.5. The van der Waals surface area contributed by atoms with Gasteiger partial charge in [0.25, 0.3) is 10.0 Å². The lowest BCUT2D eigenvalue weighted by molar-refractivity contribution is -0.140. The maximum atomic E-state index is 14.1. The van der Waals surface area contributed by atoms with Gasteiger partial charge in [-0.3, -0.25) is 13.9 Å². The lowest BCUT2D eigenvalue weighted by atomic mass is 10.1. The van der Waals surface area contributed by atoms with Gasteiger partial charge < -0.3 is 19.7 Å². The van der Waals surface area contributed by atoms with E-state index in [9.17, 15) is 18.0 Å². The quantitative estimate of drug-likeness (QED) is 0.284. The molecule has 0 spiro atoms. The zero-order chi connectivity index (χ0) is 31.0. The van der Waals surface area contributed by atoms with Crippen LogP contribution in [-0.2, 0) is 26.2 Å². The van der Waals surface area contributed by atoms with Crippen LogP contribution in [-0.4, -0.2) is 58.0 Å². The predicted molar refractivity (Wildman–Crippen MR) is 165 cm³/mol. The van der Waals surface area contributed by atoms with Gasteiger partial charge in [-0.05, 0) is 69.2 Å². The third-order valence-corrected chi connectivity index (χ3v) is 8.65. The number of ether oxygens (including phenoxy) is 2. The molecule has 11 heteroatoms. The number of rotatable bonds is 13. The van der Waals surface area contributed by atoms with Gasteiger partial charge in [0.15, 0.2) is 11.5 Å². The van der Waals surface area contributed by atoms with Crippen LogP contribution in [0.25, 0.3) is 0 Å². The van der Waals surface area contributed by atoms with Crippen molar-refractivity contribution in [3.05, 3.63) is 82.9 Å². The number of sulfonamides is 1. The highest BCUT2D eigenvalue weighted by Crippen LogP contribution is 2.32. The van der Waals surface area contributed by atoms with Crippen molar-refractivity contribution in [1.82, 2.24) is 10.2 Å². The fraction of sp³-hybridized carbons (Fsp3) is 0.355. The number of anilines is 1. The first kappa shape index (κ1) is 32.8. The number of nitrogens with one attached hydrogen (secondary N) is 1. The van der Waals surface area contributed by atoms with Gasteiger partial charge in [0.1, 0.15) is 12.6 Å². The zero-order valence-electron chi connectivity index (χ0n) is 24.8. The molecule has 0 bridgehead atoms. The van der Waals surface area contributed by atoms with Crippen LogP contribution in [0, 0.1) is 6.92 Å². The van der Waals surface area contributed by atoms with E-state index in [1.165, 1.54) is 49.5 Å². The molecule has 1 atom stereocenters. The van der Waals surface area contributed by atoms with Gasteiger partial charge in [0, 0.05) is 23.7 Å². The molecule has 0 fully saturated rings. The number of hydrogen-bond acceptors (Lipinski definition) is 6. The molecule has 0 heterocycles. The highest BCUT2D eigenvalue weighted by Gasteiger charge is 2.34. The first-order chi connectivity index (χ1) is 19.9. The Hall–Kier alpha value is -3.76. The number of hydrogen-bond donors (Lipinski definition) is 1. The Balaban J connectivity index is 2.09. The van der Waals surface area contributed by atoms with Crippen molar-refractivity contribution in [2.24, 2.45) is 0 Å². The Bertz CT molecular complexity index is 1480. The van der Waals surface area contributed by atoms with Crippen molar-refractivity contribution in [3.63, 3.8) is 0 Å². The lowest BCUT2D eigenvalue weighted by Gasteiger charge is -2.33. The van der Waals surface area contributed by atoms with Crippen molar-refractivity contribution >= 4 is 39.1 Å². The molecular weight excluding hydrogens is 578 g/mol. The predicted octanol–water partition coefficient (Wildman–Crippen LogP) is 5.19. The van der Waals surface area contributed by atoms with E-state index < -0.39 is 28.5 Å². The zero-order valence-corrected chi connectivity index (χ0v) is 26.3. The minimum absolute atomic E-state index is 0.0995. The third kappa shape index (κ3) is 7.95. The molecule has 3 rings (SSSR count). The van der Waals surface area contributed by atoms with Crippen molar-refractivity contribution in [2.45, 2.75) is 57.6 Å². The molecule has 0 aliphatic carbocycles. The number of halogens is 1. The molecule has 1 N–H and O–H groups in total. The summed E-state index contributed by atoms with van der Waals surface area (Å²) in [5.41, 5.74) is 2.10. The number of carbonyl (C=O) groups is 2. The van der Waals surface area contributed by atoms with Gasteiger partial charge in [-0.25, -0.2) is 8.42 Å². The third-order valence-electron chi connectivity index (χ3n) is 6.63. The molecule has 0 aromatic heterocycles. The molecular formula is C31H38ClN3O6S. The molecule has 226 valence electrons. The summed E-state index contributed by atoms with van der Waals surface area (Å²) in [5.74, 6) is -0.274. The average molecular weight is 616 g/mol. The second-order valence-electron chi connectivity index (χ2n) is 10.1. The van der Waals surface area contributed by atoms with Crippen LogP contribution in [0.1, 0.15) is 38.3 Å². The largest absolute Gasteiger partial charge is 0.493 e. The smallest absolute Gasteiger partial charge is 0.264 e. The summed E-state index contributed by atoms with van der Waals surface area (Å²) >= 11 is 6.10. The number of methoxy groups -OCH3 is 2. The van der Waals surface area contributed by atoms with Gasteiger partial charge in [-0.1, -0.05) is 48.4 Å². The summed E-state index contributed by atoms with van der Waals surface area (Å²) < 4.78 is 39.8. The van der Waals surface area contributed by atoms with Crippen LogP contribution in [0.4, 0.5) is 5.69 Å². The molecule has 0 saturated heterocycles. The molecule has 42 heavy (non-hydrogen) atoms. The van der Waals surface area contributed by atoms with Gasteiger partial charge >= 0.3 is 0 Å². The Morgan fingerprint density at radius 1 is 0.929 bits per heavy atom. The second kappa shape index (κ2) is 14.4. The molecule has 0 aliphatic rings. The fourth-order valence-corrected chi connectivity index (χ4v) is 5.99. The molecule has 0 aliphatic heterocycles. The first-order valence-electron chi connectivity index (χ1n) is 13.6. The Labute approximate surface area is 253 Å². The summed E-state index contributed by atoms with van der Waals surface area (Å²) in [6, 6.07) is 17.0. The van der Waals surface area contributed by atoms with Crippen molar-refractivity contribution < 1.29 is 27.5 Å². The standard InChI is InChI=1S/C31H38ClN3O6S/c1-7-27(31(37)33-21(2)3)34(19-23-10-8-22(4)9-11-23)30(36)20-35(25-14-12-24(32)13-15-25)42(38,39)26-16-17-28(40-5)29(18-26)41-6/h8-18,21,27H,7,19-20H2,1-6H3,(H,33,37)/t27-/m1/s1. The van der Waals surface area contributed by atoms with Crippen LogP contribution in [0.2, 0.25) is 5.02 Å². The van der Waals surface area contributed by atoms with Crippen LogP contribution in [0.5, 0.6) is 11.5 Å². The summed E-state index contributed by atoms with van der Waals surface area (Å²) in [6.07, 6.45) is 0.333. The number of benzene rings is 3. The molecule has 3 aromatic rings. The van der Waals surface area contributed by atoms with Gasteiger partial charge in [0.2, 0.25) is 11.8 Å². The number of aryl methyl sites for hydroxylation is 1. The van der Waals surface area contributed by atoms with E-state index in [0.29, 0.717) is 17.2 Å². The first-order valence-corrected chi connectivity index (χ1v) is 15.4. The Morgan fingerprint density at radius 2 is 1.55 bits per heavy atom. The minimum atomic E-state index is -4.30. The van der Waals surface area contributed by atoms with E-state index in [4.69, 9.17) is 21.1 Å². The monoisotopic (exact) mass is 615 g/mol. The van der Waals surface area contributed by atoms with E-state index >= 15 is 0 Å². The lowest BCUT2D eigenvalue weighted by Crippen LogP contribution is -2.53. The van der Waals surface area contributed by atoms with Gasteiger partial charge in [-0.2, -0.15) is 0 Å². The molecule has 2 amide bonds. The van der Waals surface area contributed by atoms with Crippen molar-refractivity contribution in [1.29, 1.82) is 0 Å². The maximum absolute atomic E-state index is 14.1. The number of nitrogens with zero attached hydrogens (tertiary/aromatic N) is 2.